The van der Waals surface area contributed by atoms with E-state index in [1.165, 1.54) is 12.8 Å². The highest BCUT2D eigenvalue weighted by molar-refractivity contribution is 5.79. The summed E-state index contributed by atoms with van der Waals surface area (Å²) in [5, 5.41) is 13.0. The van der Waals surface area contributed by atoms with Gasteiger partial charge in [-0.2, -0.15) is 5.10 Å². The van der Waals surface area contributed by atoms with Gasteiger partial charge in [0.25, 0.3) is 0 Å². The van der Waals surface area contributed by atoms with Gasteiger partial charge in [0, 0.05) is 31.3 Å². The van der Waals surface area contributed by atoms with Crippen molar-refractivity contribution in [3.63, 3.8) is 0 Å². The van der Waals surface area contributed by atoms with Gasteiger partial charge in [0.05, 0.1) is 24.7 Å². The van der Waals surface area contributed by atoms with Crippen LogP contribution < -0.4 is 0 Å². The molecule has 4 rings (SSSR count). The average Bonchev–Trinajstić information content (AvgIpc) is 3.17. The van der Waals surface area contributed by atoms with Gasteiger partial charge in [0.15, 0.2) is 5.82 Å². The van der Waals surface area contributed by atoms with Gasteiger partial charge in [-0.15, -0.1) is 10.2 Å². The number of fused-ring (bicyclic) bond motifs is 1. The van der Waals surface area contributed by atoms with Crippen molar-refractivity contribution in [1.82, 2.24) is 29.4 Å². The highest BCUT2D eigenvalue weighted by Crippen LogP contribution is 2.41. The Morgan fingerprint density at radius 1 is 1.35 bits per heavy atom. The molecule has 2 aromatic rings. The van der Waals surface area contributed by atoms with Crippen LogP contribution in [-0.4, -0.2) is 41.9 Å². The molecule has 0 radical (unpaired) electrons. The zero-order valence-corrected chi connectivity index (χ0v) is 13.9. The minimum absolute atomic E-state index is 0.134. The fraction of sp³-hybridized carbons (Fsp3) is 0.625. The molecule has 1 fully saturated rings. The Hall–Kier alpha value is -2.18. The fourth-order valence-corrected chi connectivity index (χ4v) is 3.47. The normalized spacial score (nSPS) is 20.7. The van der Waals surface area contributed by atoms with Crippen LogP contribution in [0, 0.1) is 6.92 Å². The molecular weight excluding hydrogens is 292 g/mol. The third-order valence-electron chi connectivity index (χ3n) is 4.80. The molecular formula is C16H22N6O. The molecule has 1 aliphatic carbocycles. The third kappa shape index (κ3) is 2.54. The number of aromatic nitrogens is 5. The molecule has 0 spiro atoms. The summed E-state index contributed by atoms with van der Waals surface area (Å²) in [4.78, 5) is 14.6. The second-order valence-electron chi connectivity index (χ2n) is 6.83. The molecule has 0 aromatic carbocycles. The van der Waals surface area contributed by atoms with Gasteiger partial charge in [-0.05, 0) is 26.7 Å². The Balaban J connectivity index is 1.52. The zero-order chi connectivity index (χ0) is 16.1. The first-order chi connectivity index (χ1) is 11.0. The maximum Gasteiger partial charge on any atom is 0.227 e. The molecule has 7 nitrogen and oxygen atoms in total. The number of rotatable bonds is 3. The standard InChI is InChI=1S/C16H22N6O/c1-10-7-21(15(23)6-13-8-20(3)19-11(13)2)9-14-17-18-16(22(10)14)12-4-5-12/h8,10,12H,4-7,9H2,1-3H3/t10-/m0/s1. The molecule has 7 heteroatoms. The third-order valence-corrected chi connectivity index (χ3v) is 4.80. The first kappa shape index (κ1) is 14.4. The van der Waals surface area contributed by atoms with Crippen molar-refractivity contribution in [2.24, 2.45) is 7.05 Å². The van der Waals surface area contributed by atoms with Gasteiger partial charge < -0.3 is 9.47 Å². The molecule has 1 saturated carbocycles. The van der Waals surface area contributed by atoms with Crippen LogP contribution in [0.5, 0.6) is 0 Å². The van der Waals surface area contributed by atoms with Gasteiger partial charge in [0.2, 0.25) is 5.91 Å². The number of carbonyl (C=O) groups excluding carboxylic acids is 1. The predicted molar refractivity (Wildman–Crippen MR) is 83.8 cm³/mol. The average molecular weight is 314 g/mol. The van der Waals surface area contributed by atoms with Crippen LogP contribution in [0.25, 0.3) is 0 Å². The van der Waals surface area contributed by atoms with Crippen molar-refractivity contribution < 1.29 is 4.79 Å². The van der Waals surface area contributed by atoms with E-state index >= 15 is 0 Å². The summed E-state index contributed by atoms with van der Waals surface area (Å²) in [6.45, 7) is 5.37. The highest BCUT2D eigenvalue weighted by Gasteiger charge is 2.35. The van der Waals surface area contributed by atoms with E-state index in [2.05, 4.69) is 26.8 Å². The maximum atomic E-state index is 12.7. The molecule has 3 heterocycles. The zero-order valence-electron chi connectivity index (χ0n) is 13.9. The van der Waals surface area contributed by atoms with Crippen LogP contribution >= 0.6 is 0 Å². The van der Waals surface area contributed by atoms with Crippen molar-refractivity contribution in [3.05, 3.63) is 29.1 Å². The number of amides is 1. The summed E-state index contributed by atoms with van der Waals surface area (Å²) >= 11 is 0. The van der Waals surface area contributed by atoms with Crippen molar-refractivity contribution in [2.75, 3.05) is 6.54 Å². The lowest BCUT2D eigenvalue weighted by atomic mass is 10.1. The number of hydrogen-bond donors (Lipinski definition) is 0. The van der Waals surface area contributed by atoms with Crippen LogP contribution in [0.4, 0.5) is 0 Å². The molecule has 1 atom stereocenters. The molecule has 0 bridgehead atoms. The maximum absolute atomic E-state index is 12.7. The number of aryl methyl sites for hydroxylation is 2. The van der Waals surface area contributed by atoms with Gasteiger partial charge in [-0.25, -0.2) is 0 Å². The molecule has 0 N–H and O–H groups in total. The highest BCUT2D eigenvalue weighted by atomic mass is 16.2. The molecule has 1 aliphatic heterocycles. The van der Waals surface area contributed by atoms with Crippen molar-refractivity contribution in [2.45, 2.75) is 51.6 Å². The summed E-state index contributed by atoms with van der Waals surface area (Å²) < 4.78 is 4.01. The molecule has 122 valence electrons. The molecule has 23 heavy (non-hydrogen) atoms. The van der Waals surface area contributed by atoms with Gasteiger partial charge in [-0.3, -0.25) is 9.48 Å². The Bertz CT molecular complexity index is 757. The van der Waals surface area contributed by atoms with Crippen LogP contribution in [0.2, 0.25) is 0 Å². The van der Waals surface area contributed by atoms with E-state index in [0.29, 0.717) is 18.9 Å². The summed E-state index contributed by atoms with van der Waals surface area (Å²) in [6.07, 6.45) is 4.76. The van der Waals surface area contributed by atoms with Crippen LogP contribution in [0.3, 0.4) is 0 Å². The van der Waals surface area contributed by atoms with Crippen molar-refractivity contribution in [1.29, 1.82) is 0 Å². The van der Waals surface area contributed by atoms with E-state index in [0.717, 1.165) is 29.5 Å². The van der Waals surface area contributed by atoms with Crippen LogP contribution in [0.15, 0.2) is 6.20 Å². The van der Waals surface area contributed by atoms with Crippen LogP contribution in [0.1, 0.15) is 54.6 Å². The second kappa shape index (κ2) is 5.18. The van der Waals surface area contributed by atoms with E-state index in [9.17, 15) is 4.79 Å². The van der Waals surface area contributed by atoms with E-state index in [-0.39, 0.29) is 11.9 Å². The lowest BCUT2D eigenvalue weighted by Gasteiger charge is -2.32. The summed E-state index contributed by atoms with van der Waals surface area (Å²) in [5.74, 6) is 2.75. The summed E-state index contributed by atoms with van der Waals surface area (Å²) in [6, 6.07) is 0.239. The first-order valence-electron chi connectivity index (χ1n) is 8.23. The molecule has 0 saturated heterocycles. The number of carbonyl (C=O) groups is 1. The monoisotopic (exact) mass is 314 g/mol. The fourth-order valence-electron chi connectivity index (χ4n) is 3.47. The number of nitrogens with zero attached hydrogens (tertiary/aromatic N) is 6. The summed E-state index contributed by atoms with van der Waals surface area (Å²) in [7, 11) is 1.88. The van der Waals surface area contributed by atoms with Crippen molar-refractivity contribution in [3.8, 4) is 0 Å². The minimum Gasteiger partial charge on any atom is -0.333 e. The van der Waals surface area contributed by atoms with Crippen molar-refractivity contribution >= 4 is 5.91 Å². The quantitative estimate of drug-likeness (QED) is 0.857. The topological polar surface area (TPSA) is 68.8 Å². The van der Waals surface area contributed by atoms with Gasteiger partial charge in [0.1, 0.15) is 5.82 Å². The SMILES string of the molecule is Cc1nn(C)cc1CC(=O)N1Cc2nnc(C3CC3)n2[C@@H](C)C1. The van der Waals surface area contributed by atoms with E-state index < -0.39 is 0 Å². The van der Waals surface area contributed by atoms with Crippen LogP contribution in [-0.2, 0) is 24.8 Å². The number of hydrogen-bond acceptors (Lipinski definition) is 4. The molecule has 1 amide bonds. The largest absolute Gasteiger partial charge is 0.333 e. The smallest absolute Gasteiger partial charge is 0.227 e. The molecule has 2 aliphatic rings. The molecule has 0 unspecified atom stereocenters. The Morgan fingerprint density at radius 3 is 2.78 bits per heavy atom. The first-order valence-corrected chi connectivity index (χ1v) is 8.23. The van der Waals surface area contributed by atoms with E-state index in [1.807, 2.05) is 25.1 Å². The van der Waals surface area contributed by atoms with E-state index in [4.69, 9.17) is 0 Å². The molecule has 2 aromatic heterocycles. The Labute approximate surface area is 135 Å². The summed E-state index contributed by atoms with van der Waals surface area (Å²) in [5.41, 5.74) is 1.92. The predicted octanol–water partition coefficient (Wildman–Crippen LogP) is 1.34. The lowest BCUT2D eigenvalue weighted by molar-refractivity contribution is -0.132. The second-order valence-corrected chi connectivity index (χ2v) is 6.83. The Kier molecular flexibility index (Phi) is 3.25. The minimum atomic E-state index is 0.134. The lowest BCUT2D eigenvalue weighted by Crippen LogP contribution is -2.41. The Morgan fingerprint density at radius 2 is 2.13 bits per heavy atom. The van der Waals surface area contributed by atoms with Gasteiger partial charge in [-0.1, -0.05) is 0 Å². The van der Waals surface area contributed by atoms with E-state index in [1.54, 1.807) is 4.68 Å². The van der Waals surface area contributed by atoms with Gasteiger partial charge >= 0.3 is 0 Å².